The number of hydrogen-bond donors (Lipinski definition) is 1. The largest absolute Gasteiger partial charge is 0.508 e. The maximum absolute atomic E-state index is 13.3. The van der Waals surface area contributed by atoms with Gasteiger partial charge in [0.25, 0.3) is 0 Å². The molecular weight excluding hydrogens is 459 g/mol. The molecule has 2 aromatic rings. The molecule has 0 aromatic heterocycles. The number of likely N-dealkylation sites (tertiary alicyclic amines) is 1. The summed E-state index contributed by atoms with van der Waals surface area (Å²) >= 11 is 12.2. The first-order valence-corrected chi connectivity index (χ1v) is 12.2. The van der Waals surface area contributed by atoms with Crippen LogP contribution >= 0.6 is 23.2 Å². The molecule has 33 heavy (non-hydrogen) atoms. The fourth-order valence-electron chi connectivity index (χ4n) is 5.84. The number of phenols is 1. The van der Waals surface area contributed by atoms with Gasteiger partial charge in [0.05, 0.1) is 22.6 Å². The molecule has 2 aromatic carbocycles. The lowest BCUT2D eigenvalue weighted by atomic mass is 9.56. The van der Waals surface area contributed by atoms with E-state index in [0.29, 0.717) is 10.0 Å². The van der Waals surface area contributed by atoms with E-state index in [1.807, 2.05) is 30.1 Å². The van der Waals surface area contributed by atoms with E-state index in [9.17, 15) is 9.90 Å². The molecular formula is C26H32Cl2N2O3. The van der Waals surface area contributed by atoms with Crippen LogP contribution in [-0.2, 0) is 21.4 Å². The number of rotatable bonds is 5. The number of piperidine rings is 1. The van der Waals surface area contributed by atoms with E-state index in [1.54, 1.807) is 25.3 Å². The van der Waals surface area contributed by atoms with Crippen LogP contribution in [0, 0.1) is 5.92 Å². The fourth-order valence-corrected chi connectivity index (χ4v) is 6.16. The maximum Gasteiger partial charge on any atom is 0.226 e. The number of likely N-dealkylation sites (N-methyl/N-ethyl adjacent to an activating group) is 1. The summed E-state index contributed by atoms with van der Waals surface area (Å²) in [6, 6.07) is 13.0. The highest BCUT2D eigenvalue weighted by molar-refractivity contribution is 6.42. The van der Waals surface area contributed by atoms with E-state index in [4.69, 9.17) is 27.9 Å². The highest BCUT2D eigenvalue weighted by Crippen LogP contribution is 2.51. The van der Waals surface area contributed by atoms with Crippen LogP contribution in [0.4, 0.5) is 0 Å². The van der Waals surface area contributed by atoms with Crippen molar-refractivity contribution in [2.24, 2.45) is 5.92 Å². The molecule has 1 unspecified atom stereocenters. The number of ether oxygens (including phenoxy) is 1. The third-order valence-corrected chi connectivity index (χ3v) is 8.45. The number of nitrogens with zero attached hydrogens (tertiary/aromatic N) is 2. The minimum atomic E-state index is -0.160. The molecule has 178 valence electrons. The predicted molar refractivity (Wildman–Crippen MR) is 132 cm³/mol. The summed E-state index contributed by atoms with van der Waals surface area (Å²) in [6.45, 7) is 1.90. The van der Waals surface area contributed by atoms with Crippen LogP contribution in [0.15, 0.2) is 42.5 Å². The van der Waals surface area contributed by atoms with E-state index >= 15 is 0 Å². The zero-order chi connectivity index (χ0) is 23.8. The zero-order valence-corrected chi connectivity index (χ0v) is 20.9. The Bertz CT molecular complexity index is 1020. The number of halogens is 2. The number of methoxy groups -OCH3 is 1. The Labute approximate surface area is 206 Å². The summed E-state index contributed by atoms with van der Waals surface area (Å²) in [6.07, 6.45) is 2.89. The third kappa shape index (κ3) is 4.88. The van der Waals surface area contributed by atoms with Crippen LogP contribution < -0.4 is 0 Å². The van der Waals surface area contributed by atoms with Gasteiger partial charge in [0.1, 0.15) is 5.75 Å². The summed E-state index contributed by atoms with van der Waals surface area (Å²) in [7, 11) is 5.81. The van der Waals surface area contributed by atoms with Gasteiger partial charge in [0, 0.05) is 38.1 Å². The van der Waals surface area contributed by atoms with Gasteiger partial charge in [0.15, 0.2) is 0 Å². The number of benzene rings is 2. The Morgan fingerprint density at radius 1 is 1.24 bits per heavy atom. The van der Waals surface area contributed by atoms with Gasteiger partial charge in [-0.3, -0.25) is 4.79 Å². The molecule has 1 saturated heterocycles. The second-order valence-electron chi connectivity index (χ2n) is 9.62. The first kappa shape index (κ1) is 24.3. The molecule has 0 spiro atoms. The first-order valence-electron chi connectivity index (χ1n) is 11.4. The van der Waals surface area contributed by atoms with Crippen molar-refractivity contribution in [1.29, 1.82) is 0 Å². The second kappa shape index (κ2) is 9.83. The average Bonchev–Trinajstić information content (AvgIpc) is 2.80. The molecule has 2 fully saturated rings. The van der Waals surface area contributed by atoms with Crippen molar-refractivity contribution in [2.75, 3.05) is 34.3 Å². The van der Waals surface area contributed by atoms with Crippen LogP contribution in [0.1, 0.15) is 30.4 Å². The second-order valence-corrected chi connectivity index (χ2v) is 10.4. The molecule has 1 N–H and O–H groups in total. The van der Waals surface area contributed by atoms with Crippen molar-refractivity contribution >= 4 is 29.1 Å². The zero-order valence-electron chi connectivity index (χ0n) is 19.4. The predicted octanol–water partition coefficient (Wildman–Crippen LogP) is 4.77. The first-order chi connectivity index (χ1) is 15.7. The number of aromatic hydroxyl groups is 1. The van der Waals surface area contributed by atoms with Gasteiger partial charge >= 0.3 is 0 Å². The molecule has 1 aliphatic heterocycles. The Kier molecular flexibility index (Phi) is 7.25. The molecule has 4 atom stereocenters. The van der Waals surface area contributed by atoms with Crippen LogP contribution in [0.3, 0.4) is 0 Å². The minimum absolute atomic E-state index is 0.0223. The summed E-state index contributed by atoms with van der Waals surface area (Å²) < 4.78 is 6.03. The molecule has 5 nitrogen and oxygen atoms in total. The van der Waals surface area contributed by atoms with Gasteiger partial charge in [-0.05, 0) is 68.2 Å². The van der Waals surface area contributed by atoms with Crippen molar-refractivity contribution in [3.63, 3.8) is 0 Å². The SMILES string of the molecule is COC1C[C@H](N(C)C(=O)Cc2ccc(Cl)c(Cl)c2)C[C@]2(c3cccc(O)c3)CCN(C)C[C@@H]12. The number of carbonyl (C=O) groups excluding carboxylic acids is 1. The van der Waals surface area contributed by atoms with Crippen molar-refractivity contribution in [2.45, 2.75) is 43.2 Å². The number of phenolic OH excluding ortho intramolecular Hbond substituents is 1. The Balaban J connectivity index is 1.62. The maximum atomic E-state index is 13.3. The molecule has 0 bridgehead atoms. The average molecular weight is 491 g/mol. The van der Waals surface area contributed by atoms with Crippen molar-refractivity contribution in [1.82, 2.24) is 9.80 Å². The monoisotopic (exact) mass is 490 g/mol. The number of hydrogen-bond acceptors (Lipinski definition) is 4. The third-order valence-electron chi connectivity index (χ3n) is 7.72. The van der Waals surface area contributed by atoms with E-state index in [2.05, 4.69) is 18.0 Å². The van der Waals surface area contributed by atoms with E-state index < -0.39 is 0 Å². The van der Waals surface area contributed by atoms with Gasteiger partial charge in [-0.2, -0.15) is 0 Å². The van der Waals surface area contributed by atoms with Crippen LogP contribution in [0.2, 0.25) is 10.0 Å². The van der Waals surface area contributed by atoms with Gasteiger partial charge < -0.3 is 19.6 Å². The van der Waals surface area contributed by atoms with Crippen molar-refractivity contribution in [3.8, 4) is 5.75 Å². The van der Waals surface area contributed by atoms with Gasteiger partial charge in [-0.25, -0.2) is 0 Å². The molecule has 4 rings (SSSR count). The fraction of sp³-hybridized carbons (Fsp3) is 0.500. The molecule has 1 heterocycles. The summed E-state index contributed by atoms with van der Waals surface area (Å²) in [5, 5.41) is 11.2. The number of carbonyl (C=O) groups is 1. The topological polar surface area (TPSA) is 53.0 Å². The van der Waals surface area contributed by atoms with Crippen molar-refractivity contribution < 1.29 is 14.6 Å². The Morgan fingerprint density at radius 2 is 2.03 bits per heavy atom. The molecule has 1 aliphatic carbocycles. The van der Waals surface area contributed by atoms with E-state index in [-0.39, 0.29) is 41.6 Å². The lowest BCUT2D eigenvalue weighted by molar-refractivity contribution is -0.136. The van der Waals surface area contributed by atoms with Crippen molar-refractivity contribution in [3.05, 3.63) is 63.6 Å². The molecule has 7 heteroatoms. The van der Waals surface area contributed by atoms with E-state index in [0.717, 1.165) is 43.5 Å². The smallest absolute Gasteiger partial charge is 0.226 e. The molecule has 2 aliphatic rings. The quantitative estimate of drug-likeness (QED) is 0.655. The molecule has 0 radical (unpaired) electrons. The minimum Gasteiger partial charge on any atom is -0.508 e. The number of fused-ring (bicyclic) bond motifs is 1. The Hall–Kier alpha value is -1.79. The Morgan fingerprint density at radius 3 is 2.73 bits per heavy atom. The number of amides is 1. The highest BCUT2D eigenvalue weighted by atomic mass is 35.5. The molecule has 1 amide bonds. The summed E-state index contributed by atoms with van der Waals surface area (Å²) in [4.78, 5) is 17.5. The highest BCUT2D eigenvalue weighted by Gasteiger charge is 2.53. The summed E-state index contributed by atoms with van der Waals surface area (Å²) in [5.41, 5.74) is 1.82. The standard InChI is InChI=1S/C26H32Cl2N2O3/c1-29-10-9-26(18-5-4-6-20(31)13-18)15-19(14-24(33-3)21(26)16-29)30(2)25(32)12-17-7-8-22(27)23(28)11-17/h4-8,11,13,19,21,24,31H,9-10,12,14-16H2,1-3H3/t19-,21-,24?,26-/m0/s1. The lowest BCUT2D eigenvalue weighted by Crippen LogP contribution is -2.61. The van der Waals surface area contributed by atoms with Crippen LogP contribution in [0.5, 0.6) is 5.75 Å². The van der Waals surface area contributed by atoms with Crippen LogP contribution in [-0.4, -0.2) is 67.3 Å². The van der Waals surface area contributed by atoms with Crippen LogP contribution in [0.25, 0.3) is 0 Å². The van der Waals surface area contributed by atoms with Gasteiger partial charge in [-0.1, -0.05) is 41.4 Å². The van der Waals surface area contributed by atoms with Gasteiger partial charge in [-0.15, -0.1) is 0 Å². The molecule has 1 saturated carbocycles. The van der Waals surface area contributed by atoms with E-state index in [1.165, 1.54) is 0 Å². The lowest BCUT2D eigenvalue weighted by Gasteiger charge is -2.56. The summed E-state index contributed by atoms with van der Waals surface area (Å²) in [5.74, 6) is 0.614. The van der Waals surface area contributed by atoms with Gasteiger partial charge in [0.2, 0.25) is 5.91 Å². The normalized spacial score (nSPS) is 27.7.